The van der Waals surface area contributed by atoms with E-state index in [1.54, 1.807) is 13.8 Å². The molecule has 1 heterocycles. The molecule has 0 aliphatic carbocycles. The van der Waals surface area contributed by atoms with Crippen LogP contribution in [0.2, 0.25) is 0 Å². The van der Waals surface area contributed by atoms with E-state index in [1.807, 2.05) is 0 Å². The zero-order valence-corrected chi connectivity index (χ0v) is 12.5. The fourth-order valence-electron chi connectivity index (χ4n) is 2.46. The summed E-state index contributed by atoms with van der Waals surface area (Å²) in [4.78, 5) is 36.1. The quantitative estimate of drug-likeness (QED) is 0.828. The normalized spacial score (nSPS) is 18.2. The highest BCUT2D eigenvalue weighted by Gasteiger charge is 2.40. The zero-order chi connectivity index (χ0) is 16.4. The first-order valence-electron chi connectivity index (χ1n) is 6.84. The molecule has 2 rings (SSSR count). The summed E-state index contributed by atoms with van der Waals surface area (Å²) < 4.78 is 10.7. The molecule has 1 N–H and O–H groups in total. The summed E-state index contributed by atoms with van der Waals surface area (Å²) in [7, 11) is 1.41. The maximum atomic E-state index is 12.4. The number of benzene rings is 1. The number of carbonyl (C=O) groups excluding carboxylic acids is 2. The molecule has 0 radical (unpaired) electrons. The second kappa shape index (κ2) is 6.05. The summed E-state index contributed by atoms with van der Waals surface area (Å²) in [5.41, 5.74) is 0.505. The van der Waals surface area contributed by atoms with Gasteiger partial charge in [0.2, 0.25) is 0 Å². The molecule has 0 saturated carbocycles. The maximum Gasteiger partial charge on any atom is 0.326 e. The smallest absolute Gasteiger partial charge is 0.326 e. The lowest BCUT2D eigenvalue weighted by atomic mass is 10.1. The molecule has 0 bridgehead atoms. The lowest BCUT2D eigenvalue weighted by molar-refractivity contribution is -0.141. The number of fused-ring (bicyclic) bond motifs is 1. The van der Waals surface area contributed by atoms with Gasteiger partial charge in [-0.3, -0.25) is 14.5 Å². The Labute approximate surface area is 127 Å². The van der Waals surface area contributed by atoms with Crippen LogP contribution >= 0.6 is 0 Å². The first-order valence-corrected chi connectivity index (χ1v) is 6.84. The molecule has 118 valence electrons. The number of rotatable bonds is 5. The fraction of sp³-hybridized carbons (Fsp3) is 0.400. The van der Waals surface area contributed by atoms with Gasteiger partial charge in [0, 0.05) is 5.56 Å². The van der Waals surface area contributed by atoms with Crippen LogP contribution in [0.25, 0.3) is 0 Å². The standard InChI is InChI=1S/C15H17NO6/c1-4-10(15(19)20)16-11-5-9(7-17)6-12(21-3)13(11)22-8(2)14(16)18/h5-8,10H,4H2,1-3H3,(H,19,20). The fourth-order valence-corrected chi connectivity index (χ4v) is 2.46. The Balaban J connectivity index is 2.68. The minimum absolute atomic E-state index is 0.223. The molecule has 1 aliphatic heterocycles. The van der Waals surface area contributed by atoms with Gasteiger partial charge in [-0.1, -0.05) is 6.92 Å². The van der Waals surface area contributed by atoms with Crippen molar-refractivity contribution < 1.29 is 29.0 Å². The number of carboxylic acids is 1. The third-order valence-corrected chi connectivity index (χ3v) is 3.54. The van der Waals surface area contributed by atoms with Gasteiger partial charge in [-0.2, -0.15) is 0 Å². The molecule has 0 spiro atoms. The Hall–Kier alpha value is -2.57. The number of methoxy groups -OCH3 is 1. The Morgan fingerprint density at radius 3 is 2.73 bits per heavy atom. The number of amides is 1. The number of carboxylic acid groups (broad SMARTS) is 1. The van der Waals surface area contributed by atoms with Gasteiger partial charge in [0.05, 0.1) is 12.8 Å². The highest BCUT2D eigenvalue weighted by atomic mass is 16.5. The molecule has 7 nitrogen and oxygen atoms in total. The Morgan fingerprint density at radius 2 is 2.23 bits per heavy atom. The van der Waals surface area contributed by atoms with Crippen LogP contribution < -0.4 is 14.4 Å². The van der Waals surface area contributed by atoms with E-state index in [9.17, 15) is 19.5 Å². The topological polar surface area (TPSA) is 93.1 Å². The van der Waals surface area contributed by atoms with Crippen LogP contribution in [0.1, 0.15) is 30.6 Å². The minimum Gasteiger partial charge on any atom is -0.493 e. The number of carbonyl (C=O) groups is 3. The molecule has 7 heteroatoms. The molecule has 22 heavy (non-hydrogen) atoms. The number of hydrogen-bond donors (Lipinski definition) is 1. The van der Waals surface area contributed by atoms with Crippen molar-refractivity contribution in [2.24, 2.45) is 0 Å². The largest absolute Gasteiger partial charge is 0.493 e. The second-order valence-corrected chi connectivity index (χ2v) is 4.92. The van der Waals surface area contributed by atoms with Crippen LogP contribution in [0.5, 0.6) is 11.5 Å². The van der Waals surface area contributed by atoms with Gasteiger partial charge in [-0.25, -0.2) is 4.79 Å². The van der Waals surface area contributed by atoms with E-state index in [0.717, 1.165) is 0 Å². The van der Waals surface area contributed by atoms with Crippen molar-refractivity contribution in [3.8, 4) is 11.5 Å². The van der Waals surface area contributed by atoms with E-state index < -0.39 is 24.0 Å². The maximum absolute atomic E-state index is 12.4. The van der Waals surface area contributed by atoms with E-state index >= 15 is 0 Å². The third-order valence-electron chi connectivity index (χ3n) is 3.54. The minimum atomic E-state index is -1.12. The first kappa shape index (κ1) is 15.8. The van der Waals surface area contributed by atoms with E-state index in [0.29, 0.717) is 6.29 Å². The van der Waals surface area contributed by atoms with Gasteiger partial charge in [-0.05, 0) is 25.5 Å². The molecule has 2 unspecified atom stereocenters. The predicted molar refractivity (Wildman–Crippen MR) is 77.7 cm³/mol. The van der Waals surface area contributed by atoms with E-state index in [1.165, 1.54) is 24.1 Å². The van der Waals surface area contributed by atoms with Gasteiger partial charge in [0.15, 0.2) is 17.6 Å². The van der Waals surface area contributed by atoms with Crippen LogP contribution in [0, 0.1) is 0 Å². The Bertz CT molecular complexity index is 627. The summed E-state index contributed by atoms with van der Waals surface area (Å²) >= 11 is 0. The lowest BCUT2D eigenvalue weighted by Crippen LogP contribution is -2.52. The summed E-state index contributed by atoms with van der Waals surface area (Å²) in [6, 6.07) is 1.87. The molecule has 0 aromatic heterocycles. The van der Waals surface area contributed by atoms with Gasteiger partial charge in [0.1, 0.15) is 12.3 Å². The van der Waals surface area contributed by atoms with Crippen LogP contribution in [0.4, 0.5) is 5.69 Å². The van der Waals surface area contributed by atoms with Crippen LogP contribution in [0.3, 0.4) is 0 Å². The van der Waals surface area contributed by atoms with E-state index in [2.05, 4.69) is 0 Å². The number of anilines is 1. The number of ether oxygens (including phenoxy) is 2. The molecule has 1 aliphatic rings. The van der Waals surface area contributed by atoms with Crippen molar-refractivity contribution in [2.45, 2.75) is 32.4 Å². The van der Waals surface area contributed by atoms with Crippen molar-refractivity contribution in [3.63, 3.8) is 0 Å². The van der Waals surface area contributed by atoms with Gasteiger partial charge >= 0.3 is 5.97 Å². The molecule has 1 aromatic rings. The first-order chi connectivity index (χ1) is 10.4. The average molecular weight is 307 g/mol. The average Bonchev–Trinajstić information content (AvgIpc) is 2.50. The summed E-state index contributed by atoms with van der Waals surface area (Å²) in [5.74, 6) is -1.04. The van der Waals surface area contributed by atoms with E-state index in [-0.39, 0.29) is 29.2 Å². The third kappa shape index (κ3) is 2.49. The monoisotopic (exact) mass is 307 g/mol. The highest BCUT2D eigenvalue weighted by molar-refractivity contribution is 6.05. The summed E-state index contributed by atoms with van der Waals surface area (Å²) in [6.07, 6.45) is -0.0107. The van der Waals surface area contributed by atoms with Gasteiger partial charge in [-0.15, -0.1) is 0 Å². The number of nitrogens with zero attached hydrogens (tertiary/aromatic N) is 1. The zero-order valence-electron chi connectivity index (χ0n) is 12.5. The lowest BCUT2D eigenvalue weighted by Gasteiger charge is -2.36. The summed E-state index contributed by atoms with van der Waals surface area (Å²) in [6.45, 7) is 3.21. The van der Waals surface area contributed by atoms with Crippen LogP contribution in [-0.2, 0) is 9.59 Å². The predicted octanol–water partition coefficient (Wildman–Crippen LogP) is 1.48. The molecule has 1 aromatic carbocycles. The highest BCUT2D eigenvalue weighted by Crippen LogP contribution is 2.43. The van der Waals surface area contributed by atoms with Gasteiger partial charge < -0.3 is 14.6 Å². The molecule has 1 amide bonds. The van der Waals surface area contributed by atoms with Crippen molar-refractivity contribution in [3.05, 3.63) is 17.7 Å². The number of aldehydes is 1. The SMILES string of the molecule is CCC(C(=O)O)N1C(=O)C(C)Oc2c(OC)cc(C=O)cc21. The van der Waals surface area contributed by atoms with E-state index in [4.69, 9.17) is 9.47 Å². The number of aliphatic carboxylic acids is 1. The van der Waals surface area contributed by atoms with Crippen molar-refractivity contribution in [1.82, 2.24) is 0 Å². The summed E-state index contributed by atoms with van der Waals surface area (Å²) in [5, 5.41) is 9.37. The van der Waals surface area contributed by atoms with Crippen LogP contribution in [-0.4, -0.2) is 42.5 Å². The Kier molecular flexibility index (Phi) is 4.35. The van der Waals surface area contributed by atoms with Crippen molar-refractivity contribution >= 4 is 23.9 Å². The Morgan fingerprint density at radius 1 is 1.55 bits per heavy atom. The van der Waals surface area contributed by atoms with Crippen molar-refractivity contribution in [1.29, 1.82) is 0 Å². The second-order valence-electron chi connectivity index (χ2n) is 4.92. The number of hydrogen-bond acceptors (Lipinski definition) is 5. The molecular weight excluding hydrogens is 290 g/mol. The molecule has 0 fully saturated rings. The van der Waals surface area contributed by atoms with Crippen LogP contribution in [0.15, 0.2) is 12.1 Å². The molecule has 0 saturated heterocycles. The van der Waals surface area contributed by atoms with Crippen molar-refractivity contribution in [2.75, 3.05) is 12.0 Å². The van der Waals surface area contributed by atoms with Gasteiger partial charge in [0.25, 0.3) is 5.91 Å². The molecular formula is C15H17NO6. The molecule has 2 atom stereocenters.